The molecule has 1 aromatic heterocycles. The van der Waals surface area contributed by atoms with Crippen LogP contribution in [-0.4, -0.2) is 42.0 Å². The van der Waals surface area contributed by atoms with Gasteiger partial charge in [0.15, 0.2) is 0 Å². The Balaban J connectivity index is 2.06. The smallest absolute Gasteiger partial charge is 0.273 e. The highest BCUT2D eigenvalue weighted by atomic mass is 32.1. The molecule has 1 fully saturated rings. The SMILES string of the molecule is CNCCC1CCCCN1C(=O)c1csc(C)n1. The largest absolute Gasteiger partial charge is 0.334 e. The third-order valence-corrected chi connectivity index (χ3v) is 4.23. The van der Waals surface area contributed by atoms with Gasteiger partial charge in [-0.05, 0) is 46.2 Å². The van der Waals surface area contributed by atoms with Gasteiger partial charge < -0.3 is 10.2 Å². The molecular weight excluding hydrogens is 246 g/mol. The van der Waals surface area contributed by atoms with E-state index in [4.69, 9.17) is 0 Å². The van der Waals surface area contributed by atoms with Crippen LogP contribution in [-0.2, 0) is 0 Å². The number of nitrogens with zero attached hydrogens (tertiary/aromatic N) is 2. The molecule has 1 atom stereocenters. The monoisotopic (exact) mass is 267 g/mol. The number of aryl methyl sites for hydroxylation is 1. The number of carbonyl (C=O) groups is 1. The van der Waals surface area contributed by atoms with E-state index in [1.807, 2.05) is 24.3 Å². The Kier molecular flexibility index (Phi) is 4.72. The molecule has 1 saturated heterocycles. The minimum absolute atomic E-state index is 0.111. The lowest BCUT2D eigenvalue weighted by atomic mass is 9.99. The second kappa shape index (κ2) is 6.29. The Labute approximate surface area is 112 Å². The summed E-state index contributed by atoms with van der Waals surface area (Å²) in [4.78, 5) is 18.8. The first-order chi connectivity index (χ1) is 8.72. The van der Waals surface area contributed by atoms with E-state index >= 15 is 0 Å². The molecule has 0 saturated carbocycles. The Hall–Kier alpha value is -0.940. The summed E-state index contributed by atoms with van der Waals surface area (Å²) < 4.78 is 0. The van der Waals surface area contributed by atoms with Crippen molar-refractivity contribution in [2.75, 3.05) is 20.1 Å². The van der Waals surface area contributed by atoms with Crippen LogP contribution in [0.5, 0.6) is 0 Å². The number of rotatable bonds is 4. The molecule has 1 unspecified atom stereocenters. The third kappa shape index (κ3) is 3.09. The molecule has 1 amide bonds. The zero-order valence-corrected chi connectivity index (χ0v) is 11.9. The lowest BCUT2D eigenvalue weighted by molar-refractivity contribution is 0.0597. The molecule has 2 rings (SSSR count). The van der Waals surface area contributed by atoms with Crippen LogP contribution in [0.25, 0.3) is 0 Å². The highest BCUT2D eigenvalue weighted by Crippen LogP contribution is 2.22. The first-order valence-corrected chi connectivity index (χ1v) is 7.48. The number of hydrogen-bond donors (Lipinski definition) is 1. The van der Waals surface area contributed by atoms with Gasteiger partial charge in [0.1, 0.15) is 5.69 Å². The van der Waals surface area contributed by atoms with Crippen molar-refractivity contribution in [2.24, 2.45) is 0 Å². The molecule has 1 aliphatic rings. The minimum atomic E-state index is 0.111. The van der Waals surface area contributed by atoms with Crippen molar-refractivity contribution in [2.45, 2.75) is 38.6 Å². The van der Waals surface area contributed by atoms with Gasteiger partial charge in [-0.3, -0.25) is 4.79 Å². The van der Waals surface area contributed by atoms with Crippen LogP contribution in [0.15, 0.2) is 5.38 Å². The molecule has 0 aliphatic carbocycles. The van der Waals surface area contributed by atoms with E-state index in [1.54, 1.807) is 11.3 Å². The number of amides is 1. The molecule has 0 radical (unpaired) electrons. The highest BCUT2D eigenvalue weighted by Gasteiger charge is 2.28. The number of thiazole rings is 1. The van der Waals surface area contributed by atoms with Gasteiger partial charge in [-0.2, -0.15) is 0 Å². The summed E-state index contributed by atoms with van der Waals surface area (Å²) >= 11 is 1.54. The number of likely N-dealkylation sites (tertiary alicyclic amines) is 1. The molecule has 0 bridgehead atoms. The molecule has 1 aliphatic heterocycles. The van der Waals surface area contributed by atoms with Crippen molar-refractivity contribution in [1.29, 1.82) is 0 Å². The predicted molar refractivity (Wildman–Crippen MR) is 74.1 cm³/mol. The van der Waals surface area contributed by atoms with Crippen LogP contribution in [0.3, 0.4) is 0 Å². The van der Waals surface area contributed by atoms with Crippen LogP contribution in [0.2, 0.25) is 0 Å². The zero-order valence-electron chi connectivity index (χ0n) is 11.1. The molecule has 5 heteroatoms. The topological polar surface area (TPSA) is 45.2 Å². The fourth-order valence-corrected chi connectivity index (χ4v) is 3.07. The van der Waals surface area contributed by atoms with E-state index in [9.17, 15) is 4.79 Å². The summed E-state index contributed by atoms with van der Waals surface area (Å²) in [5.41, 5.74) is 0.619. The molecule has 1 N–H and O–H groups in total. The lowest BCUT2D eigenvalue weighted by Gasteiger charge is -2.35. The van der Waals surface area contributed by atoms with E-state index in [0.717, 1.165) is 37.4 Å². The quantitative estimate of drug-likeness (QED) is 0.908. The standard InChI is InChI=1S/C13H21N3OS/c1-10-15-12(9-18-10)13(17)16-8-4-3-5-11(16)6-7-14-2/h9,11,14H,3-8H2,1-2H3. The van der Waals surface area contributed by atoms with E-state index in [-0.39, 0.29) is 5.91 Å². The average Bonchev–Trinajstić information content (AvgIpc) is 2.82. The Bertz CT molecular complexity index is 405. The van der Waals surface area contributed by atoms with Crippen molar-refractivity contribution < 1.29 is 4.79 Å². The van der Waals surface area contributed by atoms with Gasteiger partial charge in [0.05, 0.1) is 5.01 Å². The molecule has 100 valence electrons. The zero-order chi connectivity index (χ0) is 13.0. The van der Waals surface area contributed by atoms with Crippen molar-refractivity contribution in [3.05, 3.63) is 16.1 Å². The lowest BCUT2D eigenvalue weighted by Crippen LogP contribution is -2.44. The summed E-state index contributed by atoms with van der Waals surface area (Å²) in [5, 5.41) is 6.00. The number of aromatic nitrogens is 1. The van der Waals surface area contributed by atoms with Crippen molar-refractivity contribution in [3.63, 3.8) is 0 Å². The van der Waals surface area contributed by atoms with Gasteiger partial charge in [0.25, 0.3) is 5.91 Å². The number of nitrogens with one attached hydrogen (secondary N) is 1. The Morgan fingerprint density at radius 3 is 3.11 bits per heavy atom. The molecule has 4 nitrogen and oxygen atoms in total. The van der Waals surface area contributed by atoms with Gasteiger partial charge in [-0.25, -0.2) is 4.98 Å². The van der Waals surface area contributed by atoms with Crippen molar-refractivity contribution >= 4 is 17.2 Å². The summed E-state index contributed by atoms with van der Waals surface area (Å²) in [6.45, 7) is 3.78. The molecule has 0 spiro atoms. The molecule has 2 heterocycles. The Morgan fingerprint density at radius 2 is 2.44 bits per heavy atom. The van der Waals surface area contributed by atoms with Crippen LogP contribution < -0.4 is 5.32 Å². The van der Waals surface area contributed by atoms with Gasteiger partial charge in [-0.15, -0.1) is 11.3 Å². The van der Waals surface area contributed by atoms with Crippen LogP contribution in [0, 0.1) is 6.92 Å². The van der Waals surface area contributed by atoms with Crippen molar-refractivity contribution in [1.82, 2.24) is 15.2 Å². The molecule has 1 aromatic rings. The molecule has 0 aromatic carbocycles. The first-order valence-electron chi connectivity index (χ1n) is 6.60. The minimum Gasteiger partial charge on any atom is -0.334 e. The van der Waals surface area contributed by atoms with E-state index in [2.05, 4.69) is 10.3 Å². The second-order valence-corrected chi connectivity index (χ2v) is 5.85. The Morgan fingerprint density at radius 1 is 1.61 bits per heavy atom. The second-order valence-electron chi connectivity index (χ2n) is 4.79. The highest BCUT2D eigenvalue weighted by molar-refractivity contribution is 7.09. The van der Waals surface area contributed by atoms with Gasteiger partial charge in [-0.1, -0.05) is 0 Å². The van der Waals surface area contributed by atoms with Crippen LogP contribution in [0.4, 0.5) is 0 Å². The maximum absolute atomic E-state index is 12.4. The summed E-state index contributed by atoms with van der Waals surface area (Å²) in [7, 11) is 1.96. The fourth-order valence-electron chi connectivity index (χ4n) is 2.49. The van der Waals surface area contributed by atoms with E-state index < -0.39 is 0 Å². The van der Waals surface area contributed by atoms with E-state index in [0.29, 0.717) is 11.7 Å². The molecular formula is C13H21N3OS. The number of carbonyl (C=O) groups excluding carboxylic acids is 1. The summed E-state index contributed by atoms with van der Waals surface area (Å²) in [6.07, 6.45) is 4.50. The van der Waals surface area contributed by atoms with Crippen molar-refractivity contribution in [3.8, 4) is 0 Å². The maximum Gasteiger partial charge on any atom is 0.273 e. The molecule has 18 heavy (non-hydrogen) atoms. The van der Waals surface area contributed by atoms with Gasteiger partial charge >= 0.3 is 0 Å². The van der Waals surface area contributed by atoms with Gasteiger partial charge in [0, 0.05) is 18.0 Å². The summed E-state index contributed by atoms with van der Waals surface area (Å²) in [5.74, 6) is 0.111. The third-order valence-electron chi connectivity index (χ3n) is 3.45. The van der Waals surface area contributed by atoms with Crippen LogP contribution >= 0.6 is 11.3 Å². The predicted octanol–water partition coefficient (Wildman–Crippen LogP) is 2.06. The normalized spacial score (nSPS) is 20.1. The summed E-state index contributed by atoms with van der Waals surface area (Å²) in [6, 6.07) is 0.376. The first kappa shape index (κ1) is 13.5. The maximum atomic E-state index is 12.4. The van der Waals surface area contributed by atoms with Gasteiger partial charge in [0.2, 0.25) is 0 Å². The van der Waals surface area contributed by atoms with Crippen LogP contribution in [0.1, 0.15) is 41.2 Å². The average molecular weight is 267 g/mol. The van der Waals surface area contributed by atoms with E-state index in [1.165, 1.54) is 6.42 Å². The number of piperidine rings is 1. The number of hydrogen-bond acceptors (Lipinski definition) is 4. The fraction of sp³-hybridized carbons (Fsp3) is 0.692.